The van der Waals surface area contributed by atoms with Crippen LogP contribution in [0.2, 0.25) is 0 Å². The second kappa shape index (κ2) is 9.14. The zero-order valence-electron chi connectivity index (χ0n) is 17.6. The highest BCUT2D eigenvalue weighted by Gasteiger charge is 2.44. The summed E-state index contributed by atoms with van der Waals surface area (Å²) in [5.74, 6) is -0.220. The highest BCUT2D eigenvalue weighted by atomic mass is 16.5. The van der Waals surface area contributed by atoms with Crippen molar-refractivity contribution in [3.63, 3.8) is 0 Å². The molecule has 1 N–H and O–H groups in total. The number of nitrogens with zero attached hydrogens (tertiary/aromatic N) is 3. The number of amides is 3. The molecule has 162 valence electrons. The number of benzene rings is 1. The Morgan fingerprint density at radius 2 is 1.97 bits per heavy atom. The van der Waals surface area contributed by atoms with Crippen LogP contribution < -0.4 is 15.1 Å². The number of nitrogens with one attached hydrogen (secondary N) is 1. The van der Waals surface area contributed by atoms with Crippen molar-refractivity contribution in [1.82, 2.24) is 10.2 Å². The van der Waals surface area contributed by atoms with E-state index in [0.29, 0.717) is 37.2 Å². The van der Waals surface area contributed by atoms with Crippen molar-refractivity contribution in [2.45, 2.75) is 38.6 Å². The molecule has 2 saturated heterocycles. The Bertz CT molecular complexity index is 821. The zero-order chi connectivity index (χ0) is 21.1. The topological polar surface area (TPSA) is 82.2 Å². The Morgan fingerprint density at radius 1 is 1.17 bits per heavy atom. The van der Waals surface area contributed by atoms with E-state index in [1.165, 1.54) is 0 Å². The van der Waals surface area contributed by atoms with Crippen LogP contribution in [0.1, 0.15) is 43.0 Å². The molecule has 1 aromatic rings. The van der Waals surface area contributed by atoms with Gasteiger partial charge in [0.15, 0.2) is 0 Å². The molecule has 3 aliphatic heterocycles. The summed E-state index contributed by atoms with van der Waals surface area (Å²) in [6, 6.07) is 4.90. The number of ether oxygens (including phenoxy) is 1. The molecule has 3 aliphatic rings. The molecule has 1 atom stereocenters. The number of anilines is 2. The molecule has 0 saturated carbocycles. The molecule has 2 fully saturated rings. The van der Waals surface area contributed by atoms with Crippen LogP contribution >= 0.6 is 0 Å². The van der Waals surface area contributed by atoms with Crippen LogP contribution in [-0.4, -0.2) is 74.6 Å². The Kier molecular flexibility index (Phi) is 6.34. The fourth-order valence-electron chi connectivity index (χ4n) is 4.49. The standard InChI is InChI=1S/C22H30N4O4/c1-2-9-25-19-15-16(21(28)23-8-3-10-24-11-13-30-14-12-24)4-5-17(19)26-18(22(25)29)6-7-20(26)27/h4-5,15,18H,2-3,6-14H2,1H3,(H,23,28). The van der Waals surface area contributed by atoms with Crippen LogP contribution in [0.15, 0.2) is 18.2 Å². The molecule has 0 aliphatic carbocycles. The van der Waals surface area contributed by atoms with Crippen LogP contribution in [0.4, 0.5) is 11.4 Å². The zero-order valence-corrected chi connectivity index (χ0v) is 17.6. The lowest BCUT2D eigenvalue weighted by atomic mass is 10.0. The Labute approximate surface area is 177 Å². The first-order valence-corrected chi connectivity index (χ1v) is 11.0. The lowest BCUT2D eigenvalue weighted by Crippen LogP contribution is -2.52. The molecular weight excluding hydrogens is 384 g/mol. The largest absolute Gasteiger partial charge is 0.379 e. The lowest BCUT2D eigenvalue weighted by Gasteiger charge is -2.38. The molecule has 1 unspecified atom stereocenters. The van der Waals surface area contributed by atoms with Gasteiger partial charge in [-0.1, -0.05) is 6.92 Å². The number of carbonyl (C=O) groups is 3. The second-order valence-electron chi connectivity index (χ2n) is 8.08. The fourth-order valence-corrected chi connectivity index (χ4v) is 4.49. The maximum Gasteiger partial charge on any atom is 0.251 e. The monoisotopic (exact) mass is 414 g/mol. The number of carbonyl (C=O) groups excluding carboxylic acids is 3. The van der Waals surface area contributed by atoms with E-state index >= 15 is 0 Å². The predicted octanol–water partition coefficient (Wildman–Crippen LogP) is 1.39. The van der Waals surface area contributed by atoms with Gasteiger partial charge in [-0.25, -0.2) is 0 Å². The SMILES string of the molecule is CCCN1C(=O)C2CCC(=O)N2c2ccc(C(=O)NCCCN3CCOCC3)cc21. The Balaban J connectivity index is 1.44. The number of fused-ring (bicyclic) bond motifs is 3. The minimum atomic E-state index is -0.406. The first-order valence-electron chi connectivity index (χ1n) is 11.0. The van der Waals surface area contributed by atoms with Crippen molar-refractivity contribution < 1.29 is 19.1 Å². The van der Waals surface area contributed by atoms with Crippen LogP contribution in [0.25, 0.3) is 0 Å². The molecular formula is C22H30N4O4. The maximum absolute atomic E-state index is 13.0. The third-order valence-electron chi connectivity index (χ3n) is 6.04. The van der Waals surface area contributed by atoms with Gasteiger partial charge in [-0.15, -0.1) is 0 Å². The number of hydrogen-bond acceptors (Lipinski definition) is 5. The lowest BCUT2D eigenvalue weighted by molar-refractivity contribution is -0.122. The van der Waals surface area contributed by atoms with Gasteiger partial charge in [0.1, 0.15) is 6.04 Å². The van der Waals surface area contributed by atoms with Gasteiger partial charge in [0.2, 0.25) is 11.8 Å². The molecule has 0 spiro atoms. The first kappa shape index (κ1) is 20.8. The first-order chi connectivity index (χ1) is 14.6. The highest BCUT2D eigenvalue weighted by molar-refractivity contribution is 6.15. The van der Waals surface area contributed by atoms with E-state index in [1.807, 2.05) is 13.0 Å². The van der Waals surface area contributed by atoms with Gasteiger partial charge in [0.25, 0.3) is 5.91 Å². The maximum atomic E-state index is 13.0. The van der Waals surface area contributed by atoms with Crippen LogP contribution in [0, 0.1) is 0 Å². The summed E-state index contributed by atoms with van der Waals surface area (Å²) in [6.07, 6.45) is 2.63. The average Bonchev–Trinajstić information content (AvgIpc) is 3.16. The number of hydrogen-bond donors (Lipinski definition) is 1. The molecule has 30 heavy (non-hydrogen) atoms. The highest BCUT2D eigenvalue weighted by Crippen LogP contribution is 2.41. The molecule has 3 heterocycles. The van der Waals surface area contributed by atoms with Crippen LogP contribution in [-0.2, 0) is 14.3 Å². The quantitative estimate of drug-likeness (QED) is 0.682. The van der Waals surface area contributed by atoms with Gasteiger partial charge in [0.05, 0.1) is 24.6 Å². The molecule has 8 nitrogen and oxygen atoms in total. The van der Waals surface area contributed by atoms with Crippen molar-refractivity contribution in [3.8, 4) is 0 Å². The summed E-state index contributed by atoms with van der Waals surface area (Å²) in [7, 11) is 0. The van der Waals surface area contributed by atoms with Gasteiger partial charge in [0, 0.05) is 38.2 Å². The minimum absolute atomic E-state index is 0.0222. The van der Waals surface area contributed by atoms with E-state index in [0.717, 1.165) is 51.4 Å². The summed E-state index contributed by atoms with van der Waals surface area (Å²) in [4.78, 5) is 43.7. The number of rotatable bonds is 7. The summed E-state index contributed by atoms with van der Waals surface area (Å²) < 4.78 is 5.35. The summed E-state index contributed by atoms with van der Waals surface area (Å²) >= 11 is 0. The van der Waals surface area contributed by atoms with E-state index in [4.69, 9.17) is 4.74 Å². The molecule has 4 rings (SSSR count). The second-order valence-corrected chi connectivity index (χ2v) is 8.08. The van der Waals surface area contributed by atoms with Crippen LogP contribution in [0.5, 0.6) is 0 Å². The molecule has 0 radical (unpaired) electrons. The van der Waals surface area contributed by atoms with E-state index in [1.54, 1.807) is 21.9 Å². The predicted molar refractivity (Wildman–Crippen MR) is 114 cm³/mol. The van der Waals surface area contributed by atoms with Gasteiger partial charge >= 0.3 is 0 Å². The Morgan fingerprint density at radius 3 is 2.73 bits per heavy atom. The molecule has 0 aromatic heterocycles. The average molecular weight is 415 g/mol. The number of morpholine rings is 1. The van der Waals surface area contributed by atoms with Crippen LogP contribution in [0.3, 0.4) is 0 Å². The third-order valence-corrected chi connectivity index (χ3v) is 6.04. The van der Waals surface area contributed by atoms with Crippen molar-refractivity contribution in [1.29, 1.82) is 0 Å². The molecule has 3 amide bonds. The Hall–Kier alpha value is -2.45. The van der Waals surface area contributed by atoms with Gasteiger partial charge in [-0.2, -0.15) is 0 Å². The van der Waals surface area contributed by atoms with Gasteiger partial charge in [-0.05, 0) is 44.0 Å². The molecule has 8 heteroatoms. The minimum Gasteiger partial charge on any atom is -0.379 e. The summed E-state index contributed by atoms with van der Waals surface area (Å²) in [5, 5.41) is 2.98. The van der Waals surface area contributed by atoms with E-state index in [9.17, 15) is 14.4 Å². The molecule has 0 bridgehead atoms. The third kappa shape index (κ3) is 4.06. The van der Waals surface area contributed by atoms with E-state index in [-0.39, 0.29) is 17.7 Å². The van der Waals surface area contributed by atoms with E-state index in [2.05, 4.69) is 10.2 Å². The smallest absolute Gasteiger partial charge is 0.251 e. The summed E-state index contributed by atoms with van der Waals surface area (Å²) in [5.41, 5.74) is 1.91. The summed E-state index contributed by atoms with van der Waals surface area (Å²) in [6.45, 7) is 7.55. The van der Waals surface area contributed by atoms with E-state index < -0.39 is 6.04 Å². The van der Waals surface area contributed by atoms with Gasteiger partial charge in [-0.3, -0.25) is 24.2 Å². The van der Waals surface area contributed by atoms with Crippen molar-refractivity contribution in [2.75, 3.05) is 55.7 Å². The fraction of sp³-hybridized carbons (Fsp3) is 0.591. The van der Waals surface area contributed by atoms with Crippen molar-refractivity contribution in [3.05, 3.63) is 23.8 Å². The van der Waals surface area contributed by atoms with Crippen molar-refractivity contribution >= 4 is 29.1 Å². The molecule has 1 aromatic carbocycles. The van der Waals surface area contributed by atoms with Crippen molar-refractivity contribution in [2.24, 2.45) is 0 Å². The van der Waals surface area contributed by atoms with Gasteiger partial charge < -0.3 is 15.0 Å². The normalized spacial score (nSPS) is 21.6.